The van der Waals surface area contributed by atoms with Gasteiger partial charge in [0, 0.05) is 19.6 Å². The van der Waals surface area contributed by atoms with E-state index in [2.05, 4.69) is 0 Å². The Morgan fingerprint density at radius 2 is 1.82 bits per heavy atom. The highest BCUT2D eigenvalue weighted by Crippen LogP contribution is 2.27. The lowest BCUT2D eigenvalue weighted by Gasteiger charge is -2.34. The second kappa shape index (κ2) is 6.93. The van der Waals surface area contributed by atoms with E-state index < -0.39 is 22.2 Å². The first-order valence-electron chi connectivity index (χ1n) is 7.54. The van der Waals surface area contributed by atoms with E-state index in [0.717, 1.165) is 4.31 Å². The number of hydrogen-bond acceptors (Lipinski definition) is 5. The van der Waals surface area contributed by atoms with Crippen molar-refractivity contribution in [1.82, 2.24) is 8.61 Å². The number of aliphatic carboxylic acids is 1. The summed E-state index contributed by atoms with van der Waals surface area (Å²) in [6, 6.07) is -0.979. The summed E-state index contributed by atoms with van der Waals surface area (Å²) in [4.78, 5) is 22.8. The molecule has 1 atom stereocenters. The first-order chi connectivity index (χ1) is 10.4. The molecular weight excluding hydrogens is 312 g/mol. The fraction of sp³-hybridized carbons (Fsp3) is 0.846. The smallest absolute Gasteiger partial charge is 0.322 e. The molecule has 0 bridgehead atoms. The fourth-order valence-electron chi connectivity index (χ4n) is 2.99. The molecule has 9 heteroatoms. The Kier molecular flexibility index (Phi) is 5.41. The minimum absolute atomic E-state index is 0.217. The third kappa shape index (κ3) is 3.41. The van der Waals surface area contributed by atoms with E-state index in [-0.39, 0.29) is 31.5 Å². The summed E-state index contributed by atoms with van der Waals surface area (Å²) in [6.07, 6.45) is 1.70. The van der Waals surface area contributed by atoms with Crippen LogP contribution in [0.15, 0.2) is 0 Å². The Hall–Kier alpha value is -1.19. The monoisotopic (exact) mass is 334 g/mol. The van der Waals surface area contributed by atoms with E-state index in [1.165, 1.54) is 4.31 Å². The molecule has 2 saturated heterocycles. The van der Waals surface area contributed by atoms with E-state index in [9.17, 15) is 18.0 Å². The standard InChI is InChI=1S/C13H22N2O6S/c1-2-21-13(18)10-5-8-14(9-6-10)22(19,20)15-7-3-4-11(15)12(16)17/h10-11H,2-9H2,1H3,(H,16,17)/t11-/m1/s1. The summed E-state index contributed by atoms with van der Waals surface area (Å²) in [5, 5.41) is 9.13. The molecule has 8 nitrogen and oxygen atoms in total. The average Bonchev–Trinajstić information content (AvgIpc) is 2.98. The number of piperidine rings is 1. The SMILES string of the molecule is CCOC(=O)C1CCN(S(=O)(=O)N2CCC[C@@H]2C(=O)O)CC1. The summed E-state index contributed by atoms with van der Waals surface area (Å²) in [5.41, 5.74) is 0. The van der Waals surface area contributed by atoms with Crippen molar-refractivity contribution in [3.63, 3.8) is 0 Å². The van der Waals surface area contributed by atoms with Crippen LogP contribution in [-0.2, 0) is 24.5 Å². The van der Waals surface area contributed by atoms with Gasteiger partial charge < -0.3 is 9.84 Å². The van der Waals surface area contributed by atoms with E-state index in [0.29, 0.717) is 32.3 Å². The summed E-state index contributed by atoms with van der Waals surface area (Å²) in [6.45, 7) is 2.71. The third-order valence-electron chi connectivity index (χ3n) is 4.19. The Balaban J connectivity index is 2.00. The molecule has 0 radical (unpaired) electrons. The normalized spacial score (nSPS) is 25.2. The number of carbonyl (C=O) groups is 2. The minimum atomic E-state index is -3.78. The van der Waals surface area contributed by atoms with Gasteiger partial charge in [-0.3, -0.25) is 9.59 Å². The van der Waals surface area contributed by atoms with Gasteiger partial charge in [-0.15, -0.1) is 0 Å². The van der Waals surface area contributed by atoms with Gasteiger partial charge in [-0.1, -0.05) is 0 Å². The Morgan fingerprint density at radius 3 is 2.36 bits per heavy atom. The number of esters is 1. The second-order valence-corrected chi connectivity index (χ2v) is 7.42. The highest BCUT2D eigenvalue weighted by atomic mass is 32.2. The summed E-state index contributed by atoms with van der Waals surface area (Å²) >= 11 is 0. The number of carbonyl (C=O) groups excluding carboxylic acids is 1. The van der Waals surface area contributed by atoms with Crippen LogP contribution in [0.1, 0.15) is 32.6 Å². The quantitative estimate of drug-likeness (QED) is 0.713. The molecule has 0 aromatic carbocycles. The van der Waals surface area contributed by atoms with Crippen molar-refractivity contribution in [2.24, 2.45) is 5.92 Å². The Bertz CT molecular complexity index is 527. The lowest BCUT2D eigenvalue weighted by Crippen LogP contribution is -2.51. The van der Waals surface area contributed by atoms with Crippen LogP contribution in [0, 0.1) is 5.92 Å². The lowest BCUT2D eigenvalue weighted by atomic mass is 9.98. The third-order valence-corrected chi connectivity index (χ3v) is 6.23. The highest BCUT2D eigenvalue weighted by Gasteiger charge is 2.43. The van der Waals surface area contributed by atoms with Gasteiger partial charge in [0.25, 0.3) is 10.2 Å². The van der Waals surface area contributed by atoms with Gasteiger partial charge in [-0.05, 0) is 32.6 Å². The molecule has 1 N–H and O–H groups in total. The van der Waals surface area contributed by atoms with Gasteiger partial charge in [0.05, 0.1) is 12.5 Å². The van der Waals surface area contributed by atoms with Crippen LogP contribution in [0.4, 0.5) is 0 Å². The summed E-state index contributed by atoms with van der Waals surface area (Å²) in [5.74, 6) is -1.67. The molecule has 0 aromatic heterocycles. The average molecular weight is 334 g/mol. The molecule has 2 fully saturated rings. The zero-order valence-electron chi connectivity index (χ0n) is 12.6. The first-order valence-corrected chi connectivity index (χ1v) is 8.94. The van der Waals surface area contributed by atoms with E-state index >= 15 is 0 Å². The molecule has 0 saturated carbocycles. The van der Waals surface area contributed by atoms with Crippen LogP contribution >= 0.6 is 0 Å². The van der Waals surface area contributed by atoms with Crippen molar-refractivity contribution in [2.45, 2.75) is 38.6 Å². The molecule has 2 aliphatic rings. The zero-order valence-corrected chi connectivity index (χ0v) is 13.4. The lowest BCUT2D eigenvalue weighted by molar-refractivity contribution is -0.149. The molecule has 22 heavy (non-hydrogen) atoms. The van der Waals surface area contributed by atoms with Gasteiger partial charge in [-0.25, -0.2) is 0 Å². The molecule has 0 amide bonds. The molecule has 0 spiro atoms. The van der Waals surface area contributed by atoms with Crippen LogP contribution in [0.2, 0.25) is 0 Å². The van der Waals surface area contributed by atoms with Crippen LogP contribution in [0.25, 0.3) is 0 Å². The maximum Gasteiger partial charge on any atom is 0.322 e. The van der Waals surface area contributed by atoms with Gasteiger partial charge in [0.15, 0.2) is 0 Å². The molecule has 126 valence electrons. The van der Waals surface area contributed by atoms with Crippen LogP contribution < -0.4 is 0 Å². The van der Waals surface area contributed by atoms with Crippen molar-refractivity contribution < 1.29 is 27.9 Å². The molecule has 0 aliphatic carbocycles. The van der Waals surface area contributed by atoms with Gasteiger partial charge >= 0.3 is 11.9 Å². The van der Waals surface area contributed by atoms with Crippen molar-refractivity contribution in [2.75, 3.05) is 26.2 Å². The highest BCUT2D eigenvalue weighted by molar-refractivity contribution is 7.86. The molecular formula is C13H22N2O6S. The van der Waals surface area contributed by atoms with Gasteiger partial charge in [0.1, 0.15) is 6.04 Å². The largest absolute Gasteiger partial charge is 0.480 e. The van der Waals surface area contributed by atoms with E-state index in [1.54, 1.807) is 6.92 Å². The Labute approximate surface area is 130 Å². The van der Waals surface area contributed by atoms with Crippen molar-refractivity contribution in [1.29, 1.82) is 0 Å². The van der Waals surface area contributed by atoms with Crippen LogP contribution in [-0.4, -0.2) is 66.4 Å². The molecule has 0 aromatic rings. The van der Waals surface area contributed by atoms with E-state index in [1.807, 2.05) is 0 Å². The van der Waals surface area contributed by atoms with Crippen LogP contribution in [0.3, 0.4) is 0 Å². The van der Waals surface area contributed by atoms with Crippen molar-refractivity contribution in [3.05, 3.63) is 0 Å². The molecule has 2 rings (SSSR count). The van der Waals surface area contributed by atoms with Gasteiger partial charge in [0.2, 0.25) is 0 Å². The predicted octanol–water partition coefficient (Wildman–Crippen LogP) is 0.0553. The van der Waals surface area contributed by atoms with Crippen molar-refractivity contribution >= 4 is 22.1 Å². The Morgan fingerprint density at radius 1 is 1.18 bits per heavy atom. The number of ether oxygens (including phenoxy) is 1. The topological polar surface area (TPSA) is 104 Å². The predicted molar refractivity (Wildman–Crippen MR) is 77.2 cm³/mol. The molecule has 0 unspecified atom stereocenters. The number of carboxylic acid groups (broad SMARTS) is 1. The summed E-state index contributed by atoms with van der Waals surface area (Å²) in [7, 11) is -3.78. The first kappa shape index (κ1) is 17.2. The number of rotatable bonds is 5. The molecule has 2 aliphatic heterocycles. The second-order valence-electron chi connectivity index (χ2n) is 5.54. The molecule has 2 heterocycles. The van der Waals surface area contributed by atoms with Crippen LogP contribution in [0.5, 0.6) is 0 Å². The number of nitrogens with zero attached hydrogens (tertiary/aromatic N) is 2. The van der Waals surface area contributed by atoms with E-state index in [4.69, 9.17) is 9.84 Å². The van der Waals surface area contributed by atoms with Gasteiger partial charge in [-0.2, -0.15) is 17.0 Å². The number of hydrogen-bond donors (Lipinski definition) is 1. The van der Waals surface area contributed by atoms with Crippen molar-refractivity contribution in [3.8, 4) is 0 Å². The number of carboxylic acids is 1. The maximum absolute atomic E-state index is 12.6. The maximum atomic E-state index is 12.6. The fourth-order valence-corrected chi connectivity index (χ4v) is 4.84. The zero-order chi connectivity index (χ0) is 16.3. The summed E-state index contributed by atoms with van der Waals surface area (Å²) < 4.78 is 32.5. The minimum Gasteiger partial charge on any atom is -0.480 e.